The Kier molecular flexibility index (Phi) is 2.97. The molecule has 88 valence electrons. The standard InChI is InChI=1S/C15H17NO/c1-2-8-14-12(5-1)6-3-9-15(14)16-13-7-4-10-17-11-13/h1-3,5-6,8-9,13,16H,4,7,10-11H2. The molecule has 2 heteroatoms. The molecule has 1 heterocycles. The van der Waals surface area contributed by atoms with Gasteiger partial charge in [0.15, 0.2) is 0 Å². The molecule has 2 nitrogen and oxygen atoms in total. The van der Waals surface area contributed by atoms with E-state index in [2.05, 4.69) is 47.8 Å². The van der Waals surface area contributed by atoms with Gasteiger partial charge in [0, 0.05) is 23.7 Å². The number of hydrogen-bond acceptors (Lipinski definition) is 2. The highest BCUT2D eigenvalue weighted by Gasteiger charge is 2.14. The highest BCUT2D eigenvalue weighted by Crippen LogP contribution is 2.24. The monoisotopic (exact) mass is 227 g/mol. The van der Waals surface area contributed by atoms with Gasteiger partial charge in [0.2, 0.25) is 0 Å². The van der Waals surface area contributed by atoms with E-state index in [9.17, 15) is 0 Å². The summed E-state index contributed by atoms with van der Waals surface area (Å²) in [5.41, 5.74) is 1.22. The van der Waals surface area contributed by atoms with Crippen LogP contribution >= 0.6 is 0 Å². The first-order valence-electron chi connectivity index (χ1n) is 6.25. The van der Waals surface area contributed by atoms with Gasteiger partial charge in [-0.15, -0.1) is 0 Å². The predicted molar refractivity (Wildman–Crippen MR) is 71.4 cm³/mol. The summed E-state index contributed by atoms with van der Waals surface area (Å²) in [6, 6.07) is 15.3. The topological polar surface area (TPSA) is 21.3 Å². The Morgan fingerprint density at radius 1 is 1.06 bits per heavy atom. The third kappa shape index (κ3) is 2.27. The summed E-state index contributed by atoms with van der Waals surface area (Å²) in [6.07, 6.45) is 2.35. The Balaban J connectivity index is 1.89. The maximum absolute atomic E-state index is 5.50. The zero-order valence-electron chi connectivity index (χ0n) is 9.86. The molecular weight excluding hydrogens is 210 g/mol. The lowest BCUT2D eigenvalue weighted by Gasteiger charge is -2.24. The highest BCUT2D eigenvalue weighted by atomic mass is 16.5. The number of benzene rings is 2. The van der Waals surface area contributed by atoms with Crippen molar-refractivity contribution < 1.29 is 4.74 Å². The second-order valence-electron chi connectivity index (χ2n) is 4.59. The van der Waals surface area contributed by atoms with Gasteiger partial charge >= 0.3 is 0 Å². The molecule has 3 rings (SSSR count). The summed E-state index contributed by atoms with van der Waals surface area (Å²) >= 11 is 0. The molecule has 2 aromatic rings. The third-order valence-electron chi connectivity index (χ3n) is 3.31. The van der Waals surface area contributed by atoms with Crippen molar-refractivity contribution in [3.05, 3.63) is 42.5 Å². The predicted octanol–water partition coefficient (Wildman–Crippen LogP) is 3.43. The first-order chi connectivity index (χ1) is 8.43. The zero-order valence-corrected chi connectivity index (χ0v) is 9.86. The van der Waals surface area contributed by atoms with Crippen molar-refractivity contribution in [2.45, 2.75) is 18.9 Å². The second kappa shape index (κ2) is 4.76. The quantitative estimate of drug-likeness (QED) is 0.848. The van der Waals surface area contributed by atoms with Crippen LogP contribution in [-0.4, -0.2) is 19.3 Å². The fraction of sp³-hybridized carbons (Fsp3) is 0.333. The van der Waals surface area contributed by atoms with Gasteiger partial charge in [-0.2, -0.15) is 0 Å². The van der Waals surface area contributed by atoms with Crippen molar-refractivity contribution >= 4 is 16.5 Å². The van der Waals surface area contributed by atoms with E-state index in [0.29, 0.717) is 6.04 Å². The van der Waals surface area contributed by atoms with Gasteiger partial charge in [-0.3, -0.25) is 0 Å². The molecule has 1 saturated heterocycles. The second-order valence-corrected chi connectivity index (χ2v) is 4.59. The van der Waals surface area contributed by atoms with Crippen LogP contribution in [0.5, 0.6) is 0 Å². The van der Waals surface area contributed by atoms with Crippen molar-refractivity contribution in [3.63, 3.8) is 0 Å². The maximum atomic E-state index is 5.50. The average Bonchev–Trinajstić information content (AvgIpc) is 2.40. The Morgan fingerprint density at radius 3 is 2.82 bits per heavy atom. The fourth-order valence-electron chi connectivity index (χ4n) is 2.43. The van der Waals surface area contributed by atoms with E-state index in [1.807, 2.05) is 0 Å². The van der Waals surface area contributed by atoms with E-state index in [1.165, 1.54) is 22.9 Å². The molecule has 0 spiro atoms. The van der Waals surface area contributed by atoms with Crippen LogP contribution in [-0.2, 0) is 4.74 Å². The van der Waals surface area contributed by atoms with Crippen LogP contribution in [0.15, 0.2) is 42.5 Å². The van der Waals surface area contributed by atoms with Crippen LogP contribution in [0, 0.1) is 0 Å². The largest absolute Gasteiger partial charge is 0.379 e. The number of hydrogen-bond donors (Lipinski definition) is 1. The summed E-state index contributed by atoms with van der Waals surface area (Å²) in [7, 11) is 0. The molecule has 1 fully saturated rings. The summed E-state index contributed by atoms with van der Waals surface area (Å²) in [6.45, 7) is 1.73. The summed E-state index contributed by atoms with van der Waals surface area (Å²) in [5, 5.41) is 6.18. The van der Waals surface area contributed by atoms with Crippen molar-refractivity contribution in [1.82, 2.24) is 0 Å². The van der Waals surface area contributed by atoms with Crippen molar-refractivity contribution in [2.75, 3.05) is 18.5 Å². The van der Waals surface area contributed by atoms with Crippen molar-refractivity contribution in [2.24, 2.45) is 0 Å². The Labute approximate surface area is 102 Å². The van der Waals surface area contributed by atoms with Crippen LogP contribution in [0.3, 0.4) is 0 Å². The van der Waals surface area contributed by atoms with E-state index in [-0.39, 0.29) is 0 Å². The lowest BCUT2D eigenvalue weighted by atomic mass is 10.1. The Hall–Kier alpha value is -1.54. The van der Waals surface area contributed by atoms with Crippen LogP contribution in [0.25, 0.3) is 10.8 Å². The molecule has 0 amide bonds. The molecule has 1 unspecified atom stereocenters. The molecule has 0 aliphatic carbocycles. The van der Waals surface area contributed by atoms with Crippen molar-refractivity contribution in [1.29, 1.82) is 0 Å². The smallest absolute Gasteiger partial charge is 0.0667 e. The van der Waals surface area contributed by atoms with E-state index in [1.54, 1.807) is 0 Å². The zero-order chi connectivity index (χ0) is 11.5. The molecule has 17 heavy (non-hydrogen) atoms. The van der Waals surface area contributed by atoms with Crippen molar-refractivity contribution in [3.8, 4) is 0 Å². The van der Waals surface area contributed by atoms with Crippen LogP contribution in [0.1, 0.15) is 12.8 Å². The minimum Gasteiger partial charge on any atom is -0.379 e. The number of ether oxygens (including phenoxy) is 1. The number of fused-ring (bicyclic) bond motifs is 1. The molecule has 0 radical (unpaired) electrons. The van der Waals surface area contributed by atoms with E-state index in [4.69, 9.17) is 4.74 Å². The van der Waals surface area contributed by atoms with Gasteiger partial charge in [-0.1, -0.05) is 36.4 Å². The molecule has 0 saturated carbocycles. The SMILES string of the molecule is c1ccc2c(NC3CCCOC3)cccc2c1. The molecule has 1 aliphatic heterocycles. The first kappa shape index (κ1) is 10.6. The average molecular weight is 227 g/mol. The van der Waals surface area contributed by atoms with E-state index < -0.39 is 0 Å². The maximum Gasteiger partial charge on any atom is 0.0667 e. The Bertz CT molecular complexity index is 498. The molecule has 0 bridgehead atoms. The number of anilines is 1. The summed E-state index contributed by atoms with van der Waals surface area (Å²) in [5.74, 6) is 0. The Morgan fingerprint density at radius 2 is 1.94 bits per heavy atom. The summed E-state index contributed by atoms with van der Waals surface area (Å²) < 4.78 is 5.50. The number of rotatable bonds is 2. The minimum absolute atomic E-state index is 0.453. The van der Waals surface area contributed by atoms with Gasteiger partial charge < -0.3 is 10.1 Å². The fourth-order valence-corrected chi connectivity index (χ4v) is 2.43. The van der Waals surface area contributed by atoms with Crippen LogP contribution in [0.2, 0.25) is 0 Å². The molecule has 0 aromatic heterocycles. The lowest BCUT2D eigenvalue weighted by molar-refractivity contribution is 0.0876. The normalized spacial score (nSPS) is 20.4. The van der Waals surface area contributed by atoms with E-state index in [0.717, 1.165) is 19.6 Å². The summed E-state index contributed by atoms with van der Waals surface area (Å²) in [4.78, 5) is 0. The van der Waals surface area contributed by atoms with Gasteiger partial charge in [-0.25, -0.2) is 0 Å². The van der Waals surface area contributed by atoms with Gasteiger partial charge in [0.25, 0.3) is 0 Å². The minimum atomic E-state index is 0.453. The molecule has 2 aromatic carbocycles. The molecule has 1 atom stereocenters. The van der Waals surface area contributed by atoms with E-state index >= 15 is 0 Å². The number of nitrogens with one attached hydrogen (secondary N) is 1. The van der Waals surface area contributed by atoms with Gasteiger partial charge in [0.1, 0.15) is 0 Å². The molecule has 1 aliphatic rings. The van der Waals surface area contributed by atoms with Crippen LogP contribution < -0.4 is 5.32 Å². The highest BCUT2D eigenvalue weighted by molar-refractivity contribution is 5.93. The van der Waals surface area contributed by atoms with Crippen LogP contribution in [0.4, 0.5) is 5.69 Å². The van der Waals surface area contributed by atoms with Gasteiger partial charge in [0.05, 0.1) is 6.61 Å². The van der Waals surface area contributed by atoms with Gasteiger partial charge in [-0.05, 0) is 24.3 Å². The lowest BCUT2D eigenvalue weighted by Crippen LogP contribution is -2.29. The molecular formula is C15H17NO. The first-order valence-corrected chi connectivity index (χ1v) is 6.25. The third-order valence-corrected chi connectivity index (χ3v) is 3.31. The molecule has 1 N–H and O–H groups in total.